The highest BCUT2D eigenvalue weighted by molar-refractivity contribution is 9.10. The monoisotopic (exact) mass is 509 g/mol. The molecule has 0 radical (unpaired) electrons. The molecule has 1 unspecified atom stereocenters. The van der Waals surface area contributed by atoms with E-state index >= 15 is 0 Å². The number of piperazine rings is 1. The molecule has 2 aromatic heterocycles. The van der Waals surface area contributed by atoms with Gasteiger partial charge in [0.05, 0.1) is 11.6 Å². The van der Waals surface area contributed by atoms with E-state index in [1.54, 1.807) is 9.58 Å². The Hall–Kier alpha value is -3.27. The first-order chi connectivity index (χ1) is 16.0. The number of amides is 2. The lowest BCUT2D eigenvalue weighted by atomic mass is 10.1. The number of rotatable bonds is 4. The van der Waals surface area contributed by atoms with E-state index in [-0.39, 0.29) is 24.2 Å². The Balaban J connectivity index is 1.18. The Morgan fingerprint density at radius 2 is 1.79 bits per heavy atom. The maximum atomic E-state index is 13.1. The molecule has 1 atom stereocenters. The third-order valence-electron chi connectivity index (χ3n) is 6.10. The van der Waals surface area contributed by atoms with Crippen LogP contribution >= 0.6 is 15.9 Å². The topological polar surface area (TPSA) is 87.5 Å². The first-order valence-electron chi connectivity index (χ1n) is 10.9. The van der Waals surface area contributed by atoms with Gasteiger partial charge in [0.25, 0.3) is 0 Å². The number of carbonyl (C=O) groups excluding carboxylic acids is 2. The van der Waals surface area contributed by atoms with Gasteiger partial charge in [0, 0.05) is 55.5 Å². The van der Waals surface area contributed by atoms with E-state index in [4.69, 9.17) is 0 Å². The predicted octanol–water partition coefficient (Wildman–Crippen LogP) is 2.43. The Bertz CT molecular complexity index is 1170. The van der Waals surface area contributed by atoms with Crippen LogP contribution in [0.1, 0.15) is 12.1 Å². The third kappa shape index (κ3) is 4.47. The van der Waals surface area contributed by atoms with Gasteiger partial charge < -0.3 is 14.7 Å². The molecule has 0 N–H and O–H groups in total. The number of aromatic nitrogens is 4. The minimum atomic E-state index is -0.306. The van der Waals surface area contributed by atoms with Crippen molar-refractivity contribution in [3.63, 3.8) is 0 Å². The summed E-state index contributed by atoms with van der Waals surface area (Å²) in [4.78, 5) is 31.4. The Morgan fingerprint density at radius 3 is 2.45 bits per heavy atom. The highest BCUT2D eigenvalue weighted by atomic mass is 79.9. The number of aryl methyl sites for hydroxylation is 1. The van der Waals surface area contributed by atoms with Crippen molar-refractivity contribution in [1.82, 2.24) is 24.9 Å². The molecule has 1 aromatic carbocycles. The lowest BCUT2D eigenvalue weighted by Crippen LogP contribution is -2.51. The highest BCUT2D eigenvalue weighted by Gasteiger charge is 2.38. The van der Waals surface area contributed by atoms with Gasteiger partial charge in [0.15, 0.2) is 11.6 Å². The Kier molecular flexibility index (Phi) is 5.84. The van der Waals surface area contributed by atoms with Gasteiger partial charge in [-0.3, -0.25) is 9.59 Å². The van der Waals surface area contributed by atoms with Crippen LogP contribution in [-0.2, 0) is 9.59 Å². The second-order valence-corrected chi connectivity index (χ2v) is 9.26. The van der Waals surface area contributed by atoms with Crippen molar-refractivity contribution in [3.8, 4) is 5.82 Å². The van der Waals surface area contributed by atoms with Crippen molar-refractivity contribution in [2.75, 3.05) is 42.5 Å². The molecule has 2 aliphatic rings. The molecule has 2 fully saturated rings. The highest BCUT2D eigenvalue weighted by Crippen LogP contribution is 2.28. The van der Waals surface area contributed by atoms with Crippen molar-refractivity contribution in [2.45, 2.75) is 13.3 Å². The van der Waals surface area contributed by atoms with E-state index < -0.39 is 0 Å². The maximum absolute atomic E-state index is 13.1. The summed E-state index contributed by atoms with van der Waals surface area (Å²) in [5.41, 5.74) is 1.74. The molecule has 0 bridgehead atoms. The standard InChI is InChI=1S/C23H24BrN7O2/c1-16-7-8-31(27-16)21-6-5-20(25-26-21)28-9-11-29(12-10-28)23(33)17-13-22(32)30(15-17)19-4-2-3-18(24)14-19/h2-8,14,17H,9-13,15H2,1H3. The van der Waals surface area contributed by atoms with Gasteiger partial charge in [-0.1, -0.05) is 22.0 Å². The van der Waals surface area contributed by atoms with Crippen LogP contribution in [-0.4, -0.2) is 69.4 Å². The summed E-state index contributed by atoms with van der Waals surface area (Å²) in [6.45, 7) is 4.91. The van der Waals surface area contributed by atoms with Crippen LogP contribution < -0.4 is 9.80 Å². The lowest BCUT2D eigenvalue weighted by Gasteiger charge is -2.36. The molecule has 2 amide bonds. The molecular formula is C23H24BrN7O2. The van der Waals surface area contributed by atoms with Gasteiger partial charge in [0.1, 0.15) is 0 Å². The Labute approximate surface area is 200 Å². The number of hydrogen-bond acceptors (Lipinski definition) is 6. The zero-order valence-electron chi connectivity index (χ0n) is 18.3. The van der Waals surface area contributed by atoms with Crippen LogP contribution in [0.2, 0.25) is 0 Å². The Morgan fingerprint density at radius 1 is 1.03 bits per heavy atom. The molecule has 0 spiro atoms. The molecule has 170 valence electrons. The average molecular weight is 510 g/mol. The number of carbonyl (C=O) groups is 2. The molecule has 2 aliphatic heterocycles. The van der Waals surface area contributed by atoms with E-state index in [0.717, 1.165) is 21.7 Å². The molecule has 3 aromatic rings. The molecular weight excluding hydrogens is 486 g/mol. The van der Waals surface area contributed by atoms with Crippen LogP contribution in [0.4, 0.5) is 11.5 Å². The first kappa shape index (κ1) is 21.6. The fourth-order valence-electron chi connectivity index (χ4n) is 4.33. The molecule has 2 saturated heterocycles. The van der Waals surface area contributed by atoms with Crippen LogP contribution in [0, 0.1) is 12.8 Å². The van der Waals surface area contributed by atoms with Crippen molar-refractivity contribution in [2.24, 2.45) is 5.92 Å². The van der Waals surface area contributed by atoms with Gasteiger partial charge in [-0.25, -0.2) is 4.68 Å². The first-order valence-corrected chi connectivity index (χ1v) is 11.7. The van der Waals surface area contributed by atoms with E-state index in [1.807, 2.05) is 60.5 Å². The molecule has 33 heavy (non-hydrogen) atoms. The largest absolute Gasteiger partial charge is 0.352 e. The fourth-order valence-corrected chi connectivity index (χ4v) is 4.72. The second kappa shape index (κ2) is 8.93. The van der Waals surface area contributed by atoms with Crippen molar-refractivity contribution in [1.29, 1.82) is 0 Å². The normalized spacial score (nSPS) is 18.8. The van der Waals surface area contributed by atoms with Gasteiger partial charge in [-0.05, 0) is 43.3 Å². The zero-order valence-corrected chi connectivity index (χ0v) is 19.8. The zero-order chi connectivity index (χ0) is 22.9. The summed E-state index contributed by atoms with van der Waals surface area (Å²) < 4.78 is 2.61. The number of hydrogen-bond donors (Lipinski definition) is 0. The number of benzene rings is 1. The minimum absolute atomic E-state index is 0.00664. The van der Waals surface area contributed by atoms with Crippen LogP contribution in [0.25, 0.3) is 5.82 Å². The number of halogens is 1. The summed E-state index contributed by atoms with van der Waals surface area (Å²) in [7, 11) is 0. The lowest BCUT2D eigenvalue weighted by molar-refractivity contribution is -0.136. The van der Waals surface area contributed by atoms with Gasteiger partial charge in [-0.15, -0.1) is 10.2 Å². The van der Waals surface area contributed by atoms with Gasteiger partial charge in [0.2, 0.25) is 11.8 Å². The third-order valence-corrected chi connectivity index (χ3v) is 6.60. The van der Waals surface area contributed by atoms with Crippen LogP contribution in [0.15, 0.2) is 53.1 Å². The van der Waals surface area contributed by atoms with E-state index in [9.17, 15) is 9.59 Å². The SMILES string of the molecule is Cc1ccn(-c2ccc(N3CCN(C(=O)C4CC(=O)N(c5cccc(Br)c5)C4)CC3)nn2)n1. The van der Waals surface area contributed by atoms with E-state index in [1.165, 1.54) is 0 Å². The van der Waals surface area contributed by atoms with E-state index in [0.29, 0.717) is 38.5 Å². The number of anilines is 2. The molecule has 9 nitrogen and oxygen atoms in total. The summed E-state index contributed by atoms with van der Waals surface area (Å²) in [6, 6.07) is 13.4. The van der Waals surface area contributed by atoms with Gasteiger partial charge in [-0.2, -0.15) is 5.10 Å². The van der Waals surface area contributed by atoms with E-state index in [2.05, 4.69) is 36.1 Å². The van der Waals surface area contributed by atoms with Crippen molar-refractivity contribution < 1.29 is 9.59 Å². The molecule has 0 aliphatic carbocycles. The number of nitrogens with zero attached hydrogens (tertiary/aromatic N) is 7. The minimum Gasteiger partial charge on any atom is -0.352 e. The molecule has 4 heterocycles. The molecule has 5 rings (SSSR count). The fraction of sp³-hybridized carbons (Fsp3) is 0.348. The maximum Gasteiger partial charge on any atom is 0.228 e. The van der Waals surface area contributed by atoms with Crippen molar-refractivity contribution >= 4 is 39.2 Å². The predicted molar refractivity (Wildman–Crippen MR) is 127 cm³/mol. The molecule has 10 heteroatoms. The second-order valence-electron chi connectivity index (χ2n) is 8.35. The summed E-state index contributed by atoms with van der Waals surface area (Å²) in [5.74, 6) is 1.19. The summed E-state index contributed by atoms with van der Waals surface area (Å²) >= 11 is 3.45. The summed E-state index contributed by atoms with van der Waals surface area (Å²) in [5, 5.41) is 13.0. The quantitative estimate of drug-likeness (QED) is 0.536. The van der Waals surface area contributed by atoms with Crippen LogP contribution in [0.5, 0.6) is 0 Å². The smallest absolute Gasteiger partial charge is 0.228 e. The summed E-state index contributed by atoms with van der Waals surface area (Å²) in [6.07, 6.45) is 2.11. The molecule has 0 saturated carbocycles. The van der Waals surface area contributed by atoms with Crippen LogP contribution in [0.3, 0.4) is 0 Å². The van der Waals surface area contributed by atoms with Gasteiger partial charge >= 0.3 is 0 Å². The average Bonchev–Trinajstić information content (AvgIpc) is 3.44. The van der Waals surface area contributed by atoms with Crippen molar-refractivity contribution in [3.05, 3.63) is 58.8 Å².